The molecule has 2 aliphatic carbocycles. The maximum Gasteiger partial charge on any atom is 0.321 e. The standard InChI is InChI=1S/C13H12O4/c14-10(15)13(11(16)17)7-12(13)6-9(12)8-4-2-1-3-5-8/h1-5,9H,6-7H2,(H,14,15)(H,16,17)/t9-,12-/m0/s1. The number of carboxylic acid groups (broad SMARTS) is 2. The zero-order valence-corrected chi connectivity index (χ0v) is 9.09. The lowest BCUT2D eigenvalue weighted by atomic mass is 9.99. The Kier molecular flexibility index (Phi) is 1.75. The molecule has 0 aliphatic heterocycles. The third kappa shape index (κ3) is 1.07. The molecule has 2 saturated carbocycles. The fourth-order valence-corrected chi connectivity index (χ4v) is 3.19. The van der Waals surface area contributed by atoms with Crippen molar-refractivity contribution >= 4 is 11.9 Å². The third-order valence-electron chi connectivity index (χ3n) is 4.31. The molecular formula is C13H12O4. The lowest BCUT2D eigenvalue weighted by Crippen LogP contribution is -2.28. The van der Waals surface area contributed by atoms with Crippen LogP contribution in [0.2, 0.25) is 0 Å². The monoisotopic (exact) mass is 232 g/mol. The smallest absolute Gasteiger partial charge is 0.321 e. The largest absolute Gasteiger partial charge is 0.480 e. The van der Waals surface area contributed by atoms with Crippen molar-refractivity contribution in [1.82, 2.24) is 0 Å². The first kappa shape index (κ1) is 10.3. The zero-order chi connectivity index (χ0) is 12.3. The van der Waals surface area contributed by atoms with Gasteiger partial charge in [0.1, 0.15) is 0 Å². The molecule has 2 fully saturated rings. The van der Waals surface area contributed by atoms with Gasteiger partial charge in [-0.3, -0.25) is 9.59 Å². The molecule has 3 rings (SSSR count). The second-order valence-electron chi connectivity index (χ2n) is 5.02. The number of carbonyl (C=O) groups is 2. The Morgan fingerprint density at radius 1 is 1.12 bits per heavy atom. The Morgan fingerprint density at radius 2 is 1.71 bits per heavy atom. The van der Waals surface area contributed by atoms with E-state index in [4.69, 9.17) is 10.2 Å². The molecule has 4 heteroatoms. The fraction of sp³-hybridized carbons (Fsp3) is 0.385. The Balaban J connectivity index is 1.91. The van der Waals surface area contributed by atoms with Gasteiger partial charge in [0.25, 0.3) is 0 Å². The Morgan fingerprint density at radius 3 is 2.18 bits per heavy atom. The van der Waals surface area contributed by atoms with Crippen LogP contribution in [0, 0.1) is 10.8 Å². The van der Waals surface area contributed by atoms with Gasteiger partial charge in [-0.2, -0.15) is 0 Å². The minimum Gasteiger partial charge on any atom is -0.480 e. The van der Waals surface area contributed by atoms with Gasteiger partial charge in [0.05, 0.1) is 0 Å². The number of hydrogen-bond donors (Lipinski definition) is 2. The van der Waals surface area contributed by atoms with Crippen molar-refractivity contribution in [1.29, 1.82) is 0 Å². The molecule has 0 bridgehead atoms. The molecule has 2 N–H and O–H groups in total. The summed E-state index contributed by atoms with van der Waals surface area (Å²) in [6, 6.07) is 9.56. The minimum atomic E-state index is -1.53. The maximum atomic E-state index is 11.2. The molecule has 88 valence electrons. The number of aliphatic carboxylic acids is 2. The molecule has 1 spiro atoms. The fourth-order valence-electron chi connectivity index (χ4n) is 3.19. The highest BCUT2D eigenvalue weighted by atomic mass is 16.4. The summed E-state index contributed by atoms with van der Waals surface area (Å²) in [4.78, 5) is 22.4. The number of benzene rings is 1. The first-order valence-electron chi connectivity index (χ1n) is 5.56. The molecule has 2 aliphatic rings. The summed E-state index contributed by atoms with van der Waals surface area (Å²) in [6.07, 6.45) is 0.944. The SMILES string of the molecule is O=C(O)C1(C(=O)O)C[C@]12C[C@H]2c1ccccc1. The van der Waals surface area contributed by atoms with Gasteiger partial charge < -0.3 is 10.2 Å². The first-order valence-corrected chi connectivity index (χ1v) is 5.56. The van der Waals surface area contributed by atoms with Crippen molar-refractivity contribution in [2.24, 2.45) is 10.8 Å². The molecule has 0 aromatic heterocycles. The molecule has 0 unspecified atom stereocenters. The van der Waals surface area contributed by atoms with Crippen molar-refractivity contribution in [3.05, 3.63) is 35.9 Å². The number of hydrogen-bond acceptors (Lipinski definition) is 2. The van der Waals surface area contributed by atoms with Gasteiger partial charge in [-0.15, -0.1) is 0 Å². The normalized spacial score (nSPS) is 32.1. The summed E-state index contributed by atoms with van der Waals surface area (Å²) >= 11 is 0. The van der Waals surface area contributed by atoms with Gasteiger partial charge in [-0.1, -0.05) is 30.3 Å². The Hall–Kier alpha value is -1.84. The van der Waals surface area contributed by atoms with Gasteiger partial charge in [0, 0.05) is 5.41 Å². The minimum absolute atomic E-state index is 0.0934. The maximum absolute atomic E-state index is 11.2. The molecule has 0 heterocycles. The van der Waals surface area contributed by atoms with Gasteiger partial charge in [0.2, 0.25) is 0 Å². The second kappa shape index (κ2) is 2.88. The third-order valence-corrected chi connectivity index (χ3v) is 4.31. The van der Waals surface area contributed by atoms with Crippen LogP contribution in [0.1, 0.15) is 24.3 Å². The Labute approximate surface area is 97.9 Å². The average molecular weight is 232 g/mol. The van der Waals surface area contributed by atoms with E-state index in [2.05, 4.69) is 0 Å². The van der Waals surface area contributed by atoms with Crippen LogP contribution in [0.3, 0.4) is 0 Å². The van der Waals surface area contributed by atoms with Gasteiger partial charge in [-0.25, -0.2) is 0 Å². The zero-order valence-electron chi connectivity index (χ0n) is 9.09. The topological polar surface area (TPSA) is 74.6 Å². The predicted molar refractivity (Wildman–Crippen MR) is 58.6 cm³/mol. The molecule has 17 heavy (non-hydrogen) atoms. The molecular weight excluding hydrogens is 220 g/mol. The summed E-state index contributed by atoms with van der Waals surface area (Å²) in [5.41, 5.74) is -1.00. The summed E-state index contributed by atoms with van der Waals surface area (Å²) in [5.74, 6) is -2.29. The second-order valence-corrected chi connectivity index (χ2v) is 5.02. The van der Waals surface area contributed by atoms with Crippen LogP contribution in [0.5, 0.6) is 0 Å². The molecule has 1 aromatic rings. The number of carboxylic acids is 2. The van der Waals surface area contributed by atoms with E-state index < -0.39 is 22.8 Å². The summed E-state index contributed by atoms with van der Waals surface area (Å²) in [6.45, 7) is 0. The van der Waals surface area contributed by atoms with Crippen molar-refractivity contribution in [3.63, 3.8) is 0 Å². The highest BCUT2D eigenvalue weighted by Gasteiger charge is 2.87. The average Bonchev–Trinajstić information content (AvgIpc) is 3.18. The van der Waals surface area contributed by atoms with Crippen LogP contribution >= 0.6 is 0 Å². The molecule has 4 nitrogen and oxygen atoms in total. The van der Waals surface area contributed by atoms with Crippen LogP contribution in [-0.4, -0.2) is 22.2 Å². The first-order chi connectivity index (χ1) is 8.04. The van der Waals surface area contributed by atoms with E-state index in [1.165, 1.54) is 0 Å². The van der Waals surface area contributed by atoms with Crippen LogP contribution < -0.4 is 0 Å². The molecule has 0 saturated heterocycles. The lowest BCUT2D eigenvalue weighted by Gasteiger charge is -2.06. The van der Waals surface area contributed by atoms with E-state index in [-0.39, 0.29) is 12.3 Å². The molecule has 2 atom stereocenters. The Bertz CT molecular complexity index is 493. The van der Waals surface area contributed by atoms with Crippen LogP contribution in [0.15, 0.2) is 30.3 Å². The lowest BCUT2D eigenvalue weighted by molar-refractivity contribution is -0.158. The van der Waals surface area contributed by atoms with Crippen LogP contribution in [-0.2, 0) is 9.59 Å². The van der Waals surface area contributed by atoms with E-state index in [0.717, 1.165) is 5.56 Å². The molecule has 0 amide bonds. The number of rotatable bonds is 3. The molecule has 0 radical (unpaired) electrons. The van der Waals surface area contributed by atoms with Crippen molar-refractivity contribution in [2.45, 2.75) is 18.8 Å². The van der Waals surface area contributed by atoms with E-state index in [1.807, 2.05) is 30.3 Å². The highest BCUT2D eigenvalue weighted by Crippen LogP contribution is 2.84. The van der Waals surface area contributed by atoms with Crippen molar-refractivity contribution in [2.75, 3.05) is 0 Å². The summed E-state index contributed by atoms with van der Waals surface area (Å²) < 4.78 is 0. The van der Waals surface area contributed by atoms with Crippen molar-refractivity contribution < 1.29 is 19.8 Å². The van der Waals surface area contributed by atoms with E-state index in [1.54, 1.807) is 0 Å². The molecule has 1 aromatic carbocycles. The van der Waals surface area contributed by atoms with Gasteiger partial charge >= 0.3 is 11.9 Å². The van der Waals surface area contributed by atoms with E-state index in [0.29, 0.717) is 6.42 Å². The van der Waals surface area contributed by atoms with Crippen LogP contribution in [0.25, 0.3) is 0 Å². The summed E-state index contributed by atoms with van der Waals surface area (Å²) in [7, 11) is 0. The van der Waals surface area contributed by atoms with E-state index >= 15 is 0 Å². The quantitative estimate of drug-likeness (QED) is 0.778. The van der Waals surface area contributed by atoms with Crippen LogP contribution in [0.4, 0.5) is 0 Å². The van der Waals surface area contributed by atoms with Gasteiger partial charge in [0.15, 0.2) is 5.41 Å². The predicted octanol–water partition coefficient (Wildman–Crippen LogP) is 1.72. The van der Waals surface area contributed by atoms with Gasteiger partial charge in [-0.05, 0) is 24.3 Å². The van der Waals surface area contributed by atoms with Crippen molar-refractivity contribution in [3.8, 4) is 0 Å². The summed E-state index contributed by atoms with van der Waals surface area (Å²) in [5, 5.41) is 18.3. The van der Waals surface area contributed by atoms with E-state index in [9.17, 15) is 9.59 Å². The highest BCUT2D eigenvalue weighted by molar-refractivity contribution is 6.04.